The highest BCUT2D eigenvalue weighted by atomic mass is 32.2. The van der Waals surface area contributed by atoms with E-state index in [4.69, 9.17) is 14.9 Å². The highest BCUT2D eigenvalue weighted by Crippen LogP contribution is 2.53. The van der Waals surface area contributed by atoms with E-state index in [1.165, 1.54) is 31.1 Å². The summed E-state index contributed by atoms with van der Waals surface area (Å²) in [6.07, 6.45) is 4.36. The molecule has 1 unspecified atom stereocenters. The van der Waals surface area contributed by atoms with Gasteiger partial charge < -0.3 is 29.6 Å². The second-order valence-electron chi connectivity index (χ2n) is 15.4. The Kier molecular flexibility index (Phi) is 9.42. The first-order valence-electron chi connectivity index (χ1n) is 18.1. The van der Waals surface area contributed by atoms with E-state index in [2.05, 4.69) is 22.9 Å². The van der Waals surface area contributed by atoms with Crippen molar-refractivity contribution in [2.45, 2.75) is 63.4 Å². The average molecular weight is 735 g/mol. The van der Waals surface area contributed by atoms with E-state index in [1.54, 1.807) is 7.11 Å². The van der Waals surface area contributed by atoms with Crippen LogP contribution < -0.4 is 21.2 Å². The molecule has 280 valence electrons. The number of piperidine rings is 1. The number of sulfonamides is 1. The molecule has 52 heavy (non-hydrogen) atoms. The molecule has 2 amide bonds. The Morgan fingerprint density at radius 2 is 1.77 bits per heavy atom. The largest absolute Gasteiger partial charge is 0.422 e. The quantitative estimate of drug-likeness (QED) is 0.342. The fraction of sp³-hybridized carbons (Fsp3) is 0.553. The first kappa shape index (κ1) is 36.4. The van der Waals surface area contributed by atoms with E-state index in [1.807, 2.05) is 18.7 Å². The number of rotatable bonds is 8. The number of nitrogens with zero attached hydrogens (tertiary/aromatic N) is 5. The molecule has 3 fully saturated rings. The third-order valence-corrected chi connectivity index (χ3v) is 13.7. The lowest BCUT2D eigenvalue weighted by Crippen LogP contribution is -2.53. The van der Waals surface area contributed by atoms with Crippen LogP contribution in [0.2, 0.25) is 0 Å². The average Bonchev–Trinajstić information content (AvgIpc) is 3.86. The summed E-state index contributed by atoms with van der Waals surface area (Å²) in [5.74, 6) is -1.29. The fourth-order valence-electron chi connectivity index (χ4n) is 8.64. The number of piperazine rings is 1. The van der Waals surface area contributed by atoms with Gasteiger partial charge in [-0.1, -0.05) is 0 Å². The molecule has 0 radical (unpaired) electrons. The number of benzene rings is 2. The van der Waals surface area contributed by atoms with E-state index in [-0.39, 0.29) is 46.3 Å². The molecule has 3 aromatic rings. The molecule has 1 spiro atoms. The number of aryl methyl sites for hydroxylation is 2. The van der Waals surface area contributed by atoms with E-state index >= 15 is 0 Å². The minimum absolute atomic E-state index is 0.0367. The van der Waals surface area contributed by atoms with Crippen LogP contribution in [0, 0.1) is 19.3 Å². The summed E-state index contributed by atoms with van der Waals surface area (Å²) in [7, 11) is 2.41. The molecule has 1 aromatic heterocycles. The van der Waals surface area contributed by atoms with Gasteiger partial charge in [0.25, 0.3) is 11.8 Å². The van der Waals surface area contributed by atoms with Gasteiger partial charge in [-0.15, -0.1) is 0 Å². The zero-order chi connectivity index (χ0) is 37.3. The molecule has 4 heterocycles. The number of nitrogens with two attached hydrogens (primary N) is 1. The minimum Gasteiger partial charge on any atom is -0.422 e. The molecule has 2 aromatic carbocycles. The Balaban J connectivity index is 1.27. The molecule has 14 heteroatoms. The molecule has 1 aliphatic carbocycles. The molecule has 0 bridgehead atoms. The third-order valence-electron chi connectivity index (χ3n) is 11.9. The van der Waals surface area contributed by atoms with E-state index in [0.29, 0.717) is 37.3 Å². The molecular weight excluding hydrogens is 685 g/mol. The normalized spacial score (nSPS) is 20.5. The zero-order valence-electron chi connectivity index (χ0n) is 31.1. The predicted molar refractivity (Wildman–Crippen MR) is 200 cm³/mol. The van der Waals surface area contributed by atoms with E-state index < -0.39 is 27.5 Å². The molecule has 7 rings (SSSR count). The monoisotopic (exact) mass is 734 g/mol. The highest BCUT2D eigenvalue weighted by molar-refractivity contribution is 7.89. The molecule has 1 atom stereocenters. The topological polar surface area (TPSA) is 150 Å². The van der Waals surface area contributed by atoms with Gasteiger partial charge in [-0.05, 0) is 87.7 Å². The number of methoxy groups -OCH3 is 1. The molecule has 4 aliphatic rings. The number of carbonyl (C=O) groups is 2. The summed E-state index contributed by atoms with van der Waals surface area (Å²) in [5, 5.41) is 0.883. The maximum absolute atomic E-state index is 14.5. The number of primary amides is 1. The number of fused-ring (bicyclic) bond motifs is 3. The van der Waals surface area contributed by atoms with Gasteiger partial charge in [0, 0.05) is 77.1 Å². The van der Waals surface area contributed by atoms with Crippen LogP contribution in [0.25, 0.3) is 11.0 Å². The predicted octanol–water partition coefficient (Wildman–Crippen LogP) is 3.10. The van der Waals surface area contributed by atoms with Gasteiger partial charge in [0.2, 0.25) is 10.0 Å². The minimum atomic E-state index is -4.23. The van der Waals surface area contributed by atoms with Crippen LogP contribution in [0.1, 0.15) is 68.7 Å². The summed E-state index contributed by atoms with van der Waals surface area (Å²) >= 11 is 0. The molecule has 1 saturated carbocycles. The lowest BCUT2D eigenvalue weighted by Gasteiger charge is -2.41. The summed E-state index contributed by atoms with van der Waals surface area (Å²) in [6.45, 7) is 8.50. The lowest BCUT2D eigenvalue weighted by atomic mass is 9.92. The van der Waals surface area contributed by atoms with Crippen molar-refractivity contribution in [1.82, 2.24) is 14.1 Å². The van der Waals surface area contributed by atoms with Gasteiger partial charge >= 0.3 is 5.63 Å². The van der Waals surface area contributed by atoms with Gasteiger partial charge in [0.05, 0.1) is 41.6 Å². The summed E-state index contributed by atoms with van der Waals surface area (Å²) in [5.41, 5.74) is 10.4. The van der Waals surface area contributed by atoms with Crippen molar-refractivity contribution < 1.29 is 27.2 Å². The van der Waals surface area contributed by atoms with Gasteiger partial charge in [-0.25, -0.2) is 17.5 Å². The molecule has 3 aliphatic heterocycles. The number of anilines is 2. The standard InChI is InChI=1S/C38H50N6O7S/c1-23-18-30(42-17-16-41(5)25(19-42)21-50-6)24(2)33-31(23)26-10-15-43(20-29(26)37(47)51-33)36(46)28-9-8-27(35(39)45)32(34(28)52(48,49)40(3)4)44-14-7-11-38(22-44)12-13-38/h8-9,18,25H,7,10-17,19-22H2,1-6H3,(H2,39,45). The Morgan fingerprint density at radius 3 is 2.44 bits per heavy atom. The van der Waals surface area contributed by atoms with Crippen molar-refractivity contribution in [3.8, 4) is 0 Å². The first-order valence-corrected chi connectivity index (χ1v) is 19.6. The SMILES string of the molecule is COCC1CN(c2cc(C)c3c4c(c(=O)oc3c2C)CN(C(=O)c2ccc(C(N)=O)c(N3CCCC5(CC5)C3)c2S(=O)(=O)N(C)C)CC4)CCN1C. The highest BCUT2D eigenvalue weighted by Gasteiger charge is 2.47. The van der Waals surface area contributed by atoms with Crippen LogP contribution in [-0.2, 0) is 27.7 Å². The van der Waals surface area contributed by atoms with Crippen molar-refractivity contribution in [2.75, 3.05) is 83.9 Å². The van der Waals surface area contributed by atoms with E-state index in [9.17, 15) is 22.8 Å². The maximum atomic E-state index is 14.5. The second-order valence-corrected chi connectivity index (χ2v) is 17.5. The van der Waals surface area contributed by atoms with Crippen molar-refractivity contribution in [3.05, 3.63) is 62.0 Å². The number of hydrogen-bond acceptors (Lipinski definition) is 10. The summed E-state index contributed by atoms with van der Waals surface area (Å²) < 4.78 is 40.9. The van der Waals surface area contributed by atoms with Crippen molar-refractivity contribution >= 4 is 44.2 Å². The zero-order valence-corrected chi connectivity index (χ0v) is 31.9. The Hall–Kier alpha value is -3.98. The van der Waals surface area contributed by atoms with Crippen LogP contribution in [0.5, 0.6) is 0 Å². The van der Waals surface area contributed by atoms with Gasteiger partial charge in [0.15, 0.2) is 0 Å². The van der Waals surface area contributed by atoms with Gasteiger partial charge in [-0.3, -0.25) is 14.5 Å². The Labute approximate surface area is 305 Å². The Bertz CT molecular complexity index is 2130. The van der Waals surface area contributed by atoms with Gasteiger partial charge in [0.1, 0.15) is 10.5 Å². The van der Waals surface area contributed by atoms with Crippen molar-refractivity contribution in [2.24, 2.45) is 11.1 Å². The van der Waals surface area contributed by atoms with E-state index in [0.717, 1.165) is 77.4 Å². The smallest absolute Gasteiger partial charge is 0.341 e. The van der Waals surface area contributed by atoms with Crippen LogP contribution in [0.4, 0.5) is 11.4 Å². The second kappa shape index (κ2) is 13.5. The number of carbonyl (C=O) groups excluding carboxylic acids is 2. The Morgan fingerprint density at radius 1 is 1.04 bits per heavy atom. The molecule has 2 N–H and O–H groups in total. The number of likely N-dealkylation sites (N-methyl/N-ethyl adjacent to an activating group) is 1. The van der Waals surface area contributed by atoms with Crippen molar-refractivity contribution in [3.63, 3.8) is 0 Å². The third kappa shape index (κ3) is 6.16. The summed E-state index contributed by atoms with van der Waals surface area (Å²) in [4.78, 5) is 49.0. The van der Waals surface area contributed by atoms with Gasteiger partial charge in [-0.2, -0.15) is 0 Å². The molecule has 2 saturated heterocycles. The van der Waals surface area contributed by atoms with Crippen LogP contribution in [-0.4, -0.2) is 115 Å². The molecule has 13 nitrogen and oxygen atoms in total. The number of amides is 2. The van der Waals surface area contributed by atoms with Crippen molar-refractivity contribution in [1.29, 1.82) is 0 Å². The first-order chi connectivity index (χ1) is 24.7. The number of ether oxygens (including phenoxy) is 1. The number of hydrogen-bond donors (Lipinski definition) is 1. The van der Waals surface area contributed by atoms with Crippen LogP contribution in [0.3, 0.4) is 0 Å². The fourth-order valence-corrected chi connectivity index (χ4v) is 9.92. The van der Waals surface area contributed by atoms with Crippen LogP contribution in [0.15, 0.2) is 32.3 Å². The maximum Gasteiger partial charge on any atom is 0.341 e. The van der Waals surface area contributed by atoms with Crippen LogP contribution >= 0.6 is 0 Å². The summed E-state index contributed by atoms with van der Waals surface area (Å²) in [6, 6.07) is 5.26. The molecular formula is C38H50N6O7S. The lowest BCUT2D eigenvalue weighted by molar-refractivity contribution is 0.0728.